The molecule has 18 heavy (non-hydrogen) atoms. The van der Waals surface area contributed by atoms with Crippen LogP contribution in [0.2, 0.25) is 0 Å². The van der Waals surface area contributed by atoms with E-state index in [0.29, 0.717) is 0 Å². The van der Waals surface area contributed by atoms with Gasteiger partial charge < -0.3 is 4.74 Å². The van der Waals surface area contributed by atoms with Crippen LogP contribution in [0.3, 0.4) is 0 Å². The highest BCUT2D eigenvalue weighted by Gasteiger charge is 2.20. The molecule has 0 bridgehead atoms. The molecule has 1 rings (SSSR count). The molecule has 0 saturated heterocycles. The average Bonchev–Trinajstić information content (AvgIpc) is 2.31. The van der Waals surface area contributed by atoms with Crippen LogP contribution in [-0.2, 0) is 9.57 Å². The van der Waals surface area contributed by atoms with E-state index in [4.69, 9.17) is 9.57 Å². The smallest absolute Gasteiger partial charge is 0.116 e. The summed E-state index contributed by atoms with van der Waals surface area (Å²) in [5, 5.41) is 1.86. The Hall–Kier alpha value is -0.800. The maximum Gasteiger partial charge on any atom is 0.116 e. The minimum atomic E-state index is -0.0845. The molecule has 0 spiro atoms. The van der Waals surface area contributed by atoms with Gasteiger partial charge in [-0.25, -0.2) is 0 Å². The molecule has 0 heterocycles. The van der Waals surface area contributed by atoms with Crippen LogP contribution in [0.25, 0.3) is 0 Å². The van der Waals surface area contributed by atoms with Gasteiger partial charge in [-0.3, -0.25) is 4.84 Å². The van der Waals surface area contributed by atoms with Gasteiger partial charge >= 0.3 is 0 Å². The molecule has 0 aromatic rings. The zero-order valence-electron chi connectivity index (χ0n) is 12.4. The molecule has 0 N–H and O–H groups in total. The van der Waals surface area contributed by atoms with Crippen molar-refractivity contribution in [2.45, 2.75) is 58.7 Å². The van der Waals surface area contributed by atoms with E-state index in [2.05, 4.69) is 39.8 Å². The van der Waals surface area contributed by atoms with E-state index in [1.807, 2.05) is 18.2 Å². The molecule has 0 saturated carbocycles. The SMILES string of the molecule is CCCC(C)(C)OC1=CCC(ON(C)CC)C=C1. The molecule has 1 unspecified atom stereocenters. The van der Waals surface area contributed by atoms with Crippen LogP contribution in [0.4, 0.5) is 0 Å². The second-order valence-electron chi connectivity index (χ2n) is 5.40. The summed E-state index contributed by atoms with van der Waals surface area (Å²) in [6, 6.07) is 0. The summed E-state index contributed by atoms with van der Waals surface area (Å²) in [4.78, 5) is 5.71. The second kappa shape index (κ2) is 6.95. The predicted molar refractivity (Wildman–Crippen MR) is 75.1 cm³/mol. The fourth-order valence-corrected chi connectivity index (χ4v) is 2.01. The van der Waals surface area contributed by atoms with E-state index in [-0.39, 0.29) is 11.7 Å². The predicted octanol–water partition coefficient (Wildman–Crippen LogP) is 3.68. The number of rotatable bonds is 7. The van der Waals surface area contributed by atoms with Crippen LogP contribution in [0.5, 0.6) is 0 Å². The maximum absolute atomic E-state index is 6.00. The first-order valence-corrected chi connectivity index (χ1v) is 6.92. The van der Waals surface area contributed by atoms with Crippen LogP contribution in [0, 0.1) is 0 Å². The quantitative estimate of drug-likeness (QED) is 0.646. The van der Waals surface area contributed by atoms with Crippen molar-refractivity contribution < 1.29 is 9.57 Å². The van der Waals surface area contributed by atoms with Gasteiger partial charge in [-0.15, -0.1) is 0 Å². The van der Waals surface area contributed by atoms with E-state index in [1.165, 1.54) is 0 Å². The monoisotopic (exact) mass is 253 g/mol. The number of hydroxylamine groups is 2. The van der Waals surface area contributed by atoms with Crippen molar-refractivity contribution in [1.29, 1.82) is 0 Å². The number of hydrogen-bond acceptors (Lipinski definition) is 3. The molecule has 0 fully saturated rings. The minimum Gasteiger partial charge on any atom is -0.488 e. The summed E-state index contributed by atoms with van der Waals surface area (Å²) in [6.45, 7) is 9.42. The Morgan fingerprint density at radius 3 is 2.61 bits per heavy atom. The van der Waals surface area contributed by atoms with Gasteiger partial charge in [-0.05, 0) is 38.5 Å². The van der Waals surface area contributed by atoms with Crippen LogP contribution in [0.15, 0.2) is 24.0 Å². The summed E-state index contributed by atoms with van der Waals surface area (Å²) >= 11 is 0. The van der Waals surface area contributed by atoms with Gasteiger partial charge in [-0.2, -0.15) is 5.06 Å². The van der Waals surface area contributed by atoms with Crippen LogP contribution >= 0.6 is 0 Å². The molecule has 0 aromatic heterocycles. The topological polar surface area (TPSA) is 21.7 Å². The molecule has 1 aliphatic carbocycles. The van der Waals surface area contributed by atoms with Crippen molar-refractivity contribution in [1.82, 2.24) is 5.06 Å². The highest BCUT2D eigenvalue weighted by molar-refractivity contribution is 5.19. The van der Waals surface area contributed by atoms with Gasteiger partial charge in [-0.1, -0.05) is 20.3 Å². The molecule has 0 radical (unpaired) electrons. The third kappa shape index (κ3) is 5.23. The molecule has 0 aromatic carbocycles. The highest BCUT2D eigenvalue weighted by atomic mass is 16.7. The average molecular weight is 253 g/mol. The van der Waals surface area contributed by atoms with Gasteiger partial charge in [0.05, 0.1) is 0 Å². The first-order valence-electron chi connectivity index (χ1n) is 6.92. The first kappa shape index (κ1) is 15.3. The largest absolute Gasteiger partial charge is 0.488 e. The summed E-state index contributed by atoms with van der Waals surface area (Å²) in [7, 11) is 1.95. The summed E-state index contributed by atoms with van der Waals surface area (Å²) < 4.78 is 6.00. The number of nitrogens with zero attached hydrogens (tertiary/aromatic N) is 1. The highest BCUT2D eigenvalue weighted by Crippen LogP contribution is 2.24. The van der Waals surface area contributed by atoms with E-state index in [9.17, 15) is 0 Å². The van der Waals surface area contributed by atoms with Gasteiger partial charge in [0.25, 0.3) is 0 Å². The van der Waals surface area contributed by atoms with Crippen LogP contribution in [-0.4, -0.2) is 30.4 Å². The Morgan fingerprint density at radius 1 is 1.39 bits per heavy atom. The van der Waals surface area contributed by atoms with E-state index >= 15 is 0 Å². The Kier molecular flexibility index (Phi) is 5.89. The third-order valence-corrected chi connectivity index (χ3v) is 3.03. The van der Waals surface area contributed by atoms with Crippen molar-refractivity contribution >= 4 is 0 Å². The molecule has 3 heteroatoms. The number of hydrogen-bond donors (Lipinski definition) is 0. The maximum atomic E-state index is 6.00. The first-order chi connectivity index (χ1) is 8.46. The minimum absolute atomic E-state index is 0.0845. The Bertz CT molecular complexity index is 308. The summed E-state index contributed by atoms with van der Waals surface area (Å²) in [6.07, 6.45) is 9.42. The standard InChI is InChI=1S/C15H27NO2/c1-6-12-15(3,4)17-13-8-10-14(11-9-13)18-16(5)7-2/h8-10,14H,6-7,11-12H2,1-5H3. The molecule has 104 valence electrons. The van der Waals surface area contributed by atoms with Crippen molar-refractivity contribution in [2.24, 2.45) is 0 Å². The van der Waals surface area contributed by atoms with Crippen LogP contribution in [0.1, 0.15) is 47.0 Å². The van der Waals surface area contributed by atoms with E-state index < -0.39 is 0 Å². The van der Waals surface area contributed by atoms with Crippen molar-refractivity contribution in [3.8, 4) is 0 Å². The van der Waals surface area contributed by atoms with Gasteiger partial charge in [0.15, 0.2) is 0 Å². The van der Waals surface area contributed by atoms with Crippen molar-refractivity contribution in [3.05, 3.63) is 24.0 Å². The number of ether oxygens (including phenoxy) is 1. The number of allylic oxidation sites excluding steroid dienone is 1. The van der Waals surface area contributed by atoms with Gasteiger partial charge in [0, 0.05) is 20.0 Å². The fourth-order valence-electron chi connectivity index (χ4n) is 2.01. The summed E-state index contributed by atoms with van der Waals surface area (Å²) in [5.74, 6) is 0.965. The molecule has 0 aliphatic heterocycles. The Balaban J connectivity index is 2.43. The van der Waals surface area contributed by atoms with Gasteiger partial charge in [0.1, 0.15) is 17.5 Å². The lowest BCUT2D eigenvalue weighted by Gasteiger charge is -2.29. The normalized spacial score (nSPS) is 20.1. The fraction of sp³-hybridized carbons (Fsp3) is 0.733. The summed E-state index contributed by atoms with van der Waals surface area (Å²) in [5.41, 5.74) is -0.0845. The van der Waals surface area contributed by atoms with Crippen molar-refractivity contribution in [3.63, 3.8) is 0 Å². The zero-order valence-corrected chi connectivity index (χ0v) is 12.4. The molecule has 0 amide bonds. The Labute approximate surface area is 111 Å². The second-order valence-corrected chi connectivity index (χ2v) is 5.40. The lowest BCUT2D eigenvalue weighted by molar-refractivity contribution is -0.162. The molecule has 3 nitrogen and oxygen atoms in total. The molecular formula is C15H27NO2. The van der Waals surface area contributed by atoms with E-state index in [0.717, 1.165) is 31.6 Å². The van der Waals surface area contributed by atoms with Crippen molar-refractivity contribution in [2.75, 3.05) is 13.6 Å². The van der Waals surface area contributed by atoms with Crippen LogP contribution < -0.4 is 0 Å². The zero-order chi connectivity index (χ0) is 13.6. The third-order valence-electron chi connectivity index (χ3n) is 3.03. The lowest BCUT2D eigenvalue weighted by atomic mass is 10.0. The molecular weight excluding hydrogens is 226 g/mol. The molecule has 1 atom stereocenters. The van der Waals surface area contributed by atoms with Gasteiger partial charge in [0.2, 0.25) is 0 Å². The molecule has 1 aliphatic rings. The lowest BCUT2D eigenvalue weighted by Crippen LogP contribution is -2.27. The Morgan fingerprint density at radius 2 is 2.11 bits per heavy atom. The van der Waals surface area contributed by atoms with E-state index in [1.54, 1.807) is 0 Å².